The molecule has 7 heteroatoms. The van der Waals surface area contributed by atoms with Crippen LogP contribution in [0.4, 0.5) is 4.79 Å². The van der Waals surface area contributed by atoms with Gasteiger partial charge in [0.05, 0.1) is 6.54 Å². The number of carboxylic acid groups (broad SMARTS) is 2. The Morgan fingerprint density at radius 1 is 1.14 bits per heavy atom. The fraction of sp³-hybridized carbons (Fsp3) is 0.619. The minimum atomic E-state index is -1.36. The predicted octanol–water partition coefficient (Wildman–Crippen LogP) is 2.32. The van der Waals surface area contributed by atoms with Crippen molar-refractivity contribution >= 4 is 12.1 Å². The summed E-state index contributed by atoms with van der Waals surface area (Å²) in [6.45, 7) is 5.20. The maximum Gasteiger partial charge on any atom is 0.514 e. The van der Waals surface area contributed by atoms with Gasteiger partial charge in [-0.2, -0.15) is 4.79 Å². The Kier molecular flexibility index (Phi) is 6.07. The standard InChI is InChI=1S/C21H31N3O4/c1-3-21(19(25)26)16-23(18-9-11-22(2)12-10-18)13-14-24(21,20(27)28)15-17-7-5-4-6-8-17/h4-8,18H,3,9-16H2,1-2H3,(H-,25,26,27,28)/p+1/t21?,24-/m0/s1. The molecule has 0 aromatic heterocycles. The zero-order valence-electron chi connectivity index (χ0n) is 16.9. The van der Waals surface area contributed by atoms with Crippen molar-refractivity contribution in [1.82, 2.24) is 9.80 Å². The van der Waals surface area contributed by atoms with Crippen LogP contribution in [0, 0.1) is 0 Å². The lowest BCUT2D eigenvalue weighted by Gasteiger charge is -2.53. The second kappa shape index (κ2) is 8.19. The molecule has 3 rings (SSSR count). The molecule has 2 aliphatic heterocycles. The molecule has 1 aromatic rings. The summed E-state index contributed by atoms with van der Waals surface area (Å²) in [6.07, 6.45) is 1.24. The first-order valence-corrected chi connectivity index (χ1v) is 10.2. The van der Waals surface area contributed by atoms with E-state index < -0.39 is 22.1 Å². The molecular formula is C21H32N3O4+. The number of hydrogen-bond acceptors (Lipinski definition) is 4. The van der Waals surface area contributed by atoms with Crippen LogP contribution >= 0.6 is 0 Å². The van der Waals surface area contributed by atoms with Gasteiger partial charge in [0, 0.05) is 24.6 Å². The molecule has 0 radical (unpaired) electrons. The summed E-state index contributed by atoms with van der Waals surface area (Å²) >= 11 is 0. The van der Waals surface area contributed by atoms with Crippen molar-refractivity contribution < 1.29 is 24.3 Å². The minimum absolute atomic E-state index is 0.192. The molecule has 1 aromatic carbocycles. The molecule has 2 aliphatic rings. The number of aliphatic carboxylic acids is 1. The van der Waals surface area contributed by atoms with E-state index in [2.05, 4.69) is 16.8 Å². The second-order valence-corrected chi connectivity index (χ2v) is 8.31. The molecule has 0 aliphatic carbocycles. The second-order valence-electron chi connectivity index (χ2n) is 8.31. The van der Waals surface area contributed by atoms with E-state index in [4.69, 9.17) is 0 Å². The molecule has 2 atom stereocenters. The average molecular weight is 391 g/mol. The lowest BCUT2D eigenvalue weighted by atomic mass is 9.85. The van der Waals surface area contributed by atoms with Crippen molar-refractivity contribution in [2.75, 3.05) is 39.8 Å². The molecule has 0 saturated carbocycles. The summed E-state index contributed by atoms with van der Waals surface area (Å²) in [5, 5.41) is 20.6. The Morgan fingerprint density at radius 3 is 2.32 bits per heavy atom. The molecule has 2 N–H and O–H groups in total. The summed E-state index contributed by atoms with van der Waals surface area (Å²) in [5.41, 5.74) is -0.500. The number of likely N-dealkylation sites (tertiary alicyclic amines) is 1. The molecule has 28 heavy (non-hydrogen) atoms. The Bertz CT molecular complexity index is 705. The van der Waals surface area contributed by atoms with Gasteiger partial charge in [-0.1, -0.05) is 37.3 Å². The van der Waals surface area contributed by atoms with Crippen molar-refractivity contribution in [1.29, 1.82) is 0 Å². The first-order chi connectivity index (χ1) is 13.3. The molecule has 0 spiro atoms. The van der Waals surface area contributed by atoms with Crippen LogP contribution in [0.2, 0.25) is 0 Å². The van der Waals surface area contributed by atoms with Gasteiger partial charge in [0.15, 0.2) is 0 Å². The van der Waals surface area contributed by atoms with Crippen LogP contribution in [0.25, 0.3) is 0 Å². The lowest BCUT2D eigenvalue weighted by molar-refractivity contribution is -0.918. The van der Waals surface area contributed by atoms with Gasteiger partial charge in [-0.25, -0.2) is 9.28 Å². The molecule has 0 bridgehead atoms. The number of piperazine rings is 1. The molecule has 2 fully saturated rings. The summed E-state index contributed by atoms with van der Waals surface area (Å²) in [6, 6.07) is 9.72. The van der Waals surface area contributed by atoms with E-state index in [-0.39, 0.29) is 19.5 Å². The van der Waals surface area contributed by atoms with Gasteiger partial charge in [-0.3, -0.25) is 4.90 Å². The number of piperidine rings is 1. The Hall–Kier alpha value is -1.96. The normalized spacial score (nSPS) is 30.2. The Balaban J connectivity index is 1.95. The SMILES string of the molecule is CCC1(C(=O)O)CN(C2CCN(C)CC2)CC[N@+]1(Cc1ccccc1)C(=O)O. The van der Waals surface area contributed by atoms with E-state index in [0.717, 1.165) is 31.5 Å². The van der Waals surface area contributed by atoms with Crippen LogP contribution in [0.15, 0.2) is 30.3 Å². The molecule has 1 unspecified atom stereocenters. The quantitative estimate of drug-likeness (QED) is 0.751. The Labute approximate surface area is 166 Å². The first-order valence-electron chi connectivity index (χ1n) is 10.2. The van der Waals surface area contributed by atoms with Gasteiger partial charge in [0.2, 0.25) is 5.54 Å². The summed E-state index contributed by atoms with van der Waals surface area (Å²) in [7, 11) is 2.10. The molecule has 2 saturated heterocycles. The number of hydrogen-bond donors (Lipinski definition) is 2. The van der Waals surface area contributed by atoms with Crippen LogP contribution in [-0.2, 0) is 11.3 Å². The summed E-state index contributed by atoms with van der Waals surface area (Å²) < 4.78 is -0.439. The van der Waals surface area contributed by atoms with Crippen LogP contribution < -0.4 is 0 Å². The average Bonchev–Trinajstić information content (AvgIpc) is 2.69. The van der Waals surface area contributed by atoms with Crippen molar-refractivity contribution in [3.8, 4) is 0 Å². The van der Waals surface area contributed by atoms with Gasteiger partial charge in [0.1, 0.15) is 13.1 Å². The summed E-state index contributed by atoms with van der Waals surface area (Å²) in [4.78, 5) is 29.7. The highest BCUT2D eigenvalue weighted by molar-refractivity contribution is 5.80. The van der Waals surface area contributed by atoms with E-state index in [0.29, 0.717) is 19.1 Å². The van der Waals surface area contributed by atoms with E-state index in [9.17, 15) is 19.8 Å². The van der Waals surface area contributed by atoms with Crippen LogP contribution in [0.3, 0.4) is 0 Å². The Morgan fingerprint density at radius 2 is 1.79 bits per heavy atom. The number of nitrogens with zero attached hydrogens (tertiary/aromatic N) is 3. The molecule has 154 valence electrons. The van der Waals surface area contributed by atoms with Crippen LogP contribution in [0.1, 0.15) is 31.7 Å². The molecule has 1 amide bonds. The van der Waals surface area contributed by atoms with Gasteiger partial charge in [-0.05, 0) is 33.0 Å². The van der Waals surface area contributed by atoms with Crippen molar-refractivity contribution in [3.05, 3.63) is 35.9 Å². The number of carbonyl (C=O) groups is 2. The monoisotopic (exact) mass is 390 g/mol. The van der Waals surface area contributed by atoms with Gasteiger partial charge in [-0.15, -0.1) is 0 Å². The number of rotatable bonds is 5. The highest BCUT2D eigenvalue weighted by atomic mass is 16.4. The predicted molar refractivity (Wildman–Crippen MR) is 106 cm³/mol. The third-order valence-corrected chi connectivity index (χ3v) is 6.90. The van der Waals surface area contributed by atoms with E-state index in [1.807, 2.05) is 37.3 Å². The number of carboxylic acids is 1. The number of amides is 1. The highest BCUT2D eigenvalue weighted by Gasteiger charge is 2.64. The van der Waals surface area contributed by atoms with E-state index >= 15 is 0 Å². The number of benzene rings is 1. The van der Waals surface area contributed by atoms with Gasteiger partial charge >= 0.3 is 12.1 Å². The van der Waals surface area contributed by atoms with E-state index in [1.165, 1.54) is 0 Å². The lowest BCUT2D eigenvalue weighted by Crippen LogP contribution is -2.78. The van der Waals surface area contributed by atoms with Crippen molar-refractivity contribution in [2.24, 2.45) is 0 Å². The molecule has 2 heterocycles. The highest BCUT2D eigenvalue weighted by Crippen LogP contribution is 2.38. The topological polar surface area (TPSA) is 81.1 Å². The first kappa shape index (κ1) is 20.8. The fourth-order valence-corrected chi connectivity index (χ4v) is 5.02. The third-order valence-electron chi connectivity index (χ3n) is 6.90. The fourth-order valence-electron chi connectivity index (χ4n) is 5.02. The molecular weight excluding hydrogens is 358 g/mol. The van der Waals surface area contributed by atoms with Crippen molar-refractivity contribution in [3.63, 3.8) is 0 Å². The van der Waals surface area contributed by atoms with E-state index in [1.54, 1.807) is 0 Å². The maximum absolute atomic E-state index is 12.6. The maximum atomic E-state index is 12.6. The van der Waals surface area contributed by atoms with Gasteiger partial charge < -0.3 is 15.1 Å². The minimum Gasteiger partial charge on any atom is -0.477 e. The summed E-state index contributed by atoms with van der Waals surface area (Å²) in [5.74, 6) is -1.01. The zero-order chi connectivity index (χ0) is 20.4. The third kappa shape index (κ3) is 3.54. The van der Waals surface area contributed by atoms with Crippen molar-refractivity contribution in [2.45, 2.75) is 44.3 Å². The van der Waals surface area contributed by atoms with Crippen LogP contribution in [-0.4, -0.2) is 87.9 Å². The largest absolute Gasteiger partial charge is 0.514 e. The van der Waals surface area contributed by atoms with Gasteiger partial charge in [0.25, 0.3) is 0 Å². The number of quaternary nitrogens is 1. The molecule has 7 nitrogen and oxygen atoms in total. The van der Waals surface area contributed by atoms with Crippen LogP contribution in [0.5, 0.6) is 0 Å². The smallest absolute Gasteiger partial charge is 0.477 e. The zero-order valence-corrected chi connectivity index (χ0v) is 16.9.